The second kappa shape index (κ2) is 5.77. The van der Waals surface area contributed by atoms with Gasteiger partial charge >= 0.3 is 0 Å². The summed E-state index contributed by atoms with van der Waals surface area (Å²) >= 11 is 12.7. The molecule has 2 nitrogen and oxygen atoms in total. The van der Waals surface area contributed by atoms with Gasteiger partial charge in [0.15, 0.2) is 0 Å². The topological polar surface area (TPSA) is 21.3 Å². The zero-order chi connectivity index (χ0) is 16.0. The molecular weight excluding hydrogens is 329 g/mol. The van der Waals surface area contributed by atoms with Crippen molar-refractivity contribution in [2.24, 2.45) is 5.92 Å². The molecular formula is C19H17Cl2NO. The number of halogens is 2. The number of hydrogen-bond donors (Lipinski definition) is 1. The van der Waals surface area contributed by atoms with E-state index in [1.54, 1.807) is 13.2 Å². The predicted octanol–water partition coefficient (Wildman–Crippen LogP) is 5.83. The first kappa shape index (κ1) is 14.9. The second-order valence-corrected chi connectivity index (χ2v) is 6.95. The molecule has 1 heterocycles. The van der Waals surface area contributed by atoms with Crippen LogP contribution in [0.15, 0.2) is 48.6 Å². The first-order chi connectivity index (χ1) is 11.2. The molecule has 2 aromatic carbocycles. The Morgan fingerprint density at radius 3 is 2.87 bits per heavy atom. The summed E-state index contributed by atoms with van der Waals surface area (Å²) in [5, 5.41) is 5.01. The van der Waals surface area contributed by atoms with E-state index >= 15 is 0 Å². The van der Waals surface area contributed by atoms with Crippen LogP contribution in [0.2, 0.25) is 10.0 Å². The number of ether oxygens (including phenoxy) is 1. The maximum Gasteiger partial charge on any atom is 0.119 e. The third kappa shape index (κ3) is 2.50. The van der Waals surface area contributed by atoms with Crippen LogP contribution in [-0.4, -0.2) is 7.11 Å². The molecule has 1 aliphatic carbocycles. The van der Waals surface area contributed by atoms with Gasteiger partial charge in [0.1, 0.15) is 5.75 Å². The van der Waals surface area contributed by atoms with E-state index in [9.17, 15) is 0 Å². The largest absolute Gasteiger partial charge is 0.497 e. The minimum atomic E-state index is 0.205. The highest BCUT2D eigenvalue weighted by molar-refractivity contribution is 6.36. The SMILES string of the molecule is COc1cccc([C@H]2Nc3c(Cl)cc(Cl)cc3[C@H]3C=CC[C@H]32)c1. The first-order valence-corrected chi connectivity index (χ1v) is 8.49. The van der Waals surface area contributed by atoms with Crippen LogP contribution in [0.3, 0.4) is 0 Å². The third-order valence-electron chi connectivity index (χ3n) is 4.84. The Morgan fingerprint density at radius 1 is 1.17 bits per heavy atom. The zero-order valence-corrected chi connectivity index (χ0v) is 14.2. The molecule has 0 radical (unpaired) electrons. The number of methoxy groups -OCH3 is 1. The summed E-state index contributed by atoms with van der Waals surface area (Å²) < 4.78 is 5.38. The number of allylic oxidation sites excluding steroid dienone is 2. The quantitative estimate of drug-likeness (QED) is 0.691. The number of fused-ring (bicyclic) bond motifs is 3. The van der Waals surface area contributed by atoms with Gasteiger partial charge < -0.3 is 10.1 Å². The Hall–Kier alpha value is -1.64. The van der Waals surface area contributed by atoms with E-state index in [-0.39, 0.29) is 6.04 Å². The average Bonchev–Trinajstić information content (AvgIpc) is 3.04. The molecule has 0 bridgehead atoms. The molecule has 1 N–H and O–H groups in total. The Balaban J connectivity index is 1.81. The zero-order valence-electron chi connectivity index (χ0n) is 12.7. The molecule has 1 aliphatic heterocycles. The summed E-state index contributed by atoms with van der Waals surface area (Å²) in [5.41, 5.74) is 3.41. The number of rotatable bonds is 2. The molecule has 2 aromatic rings. The van der Waals surface area contributed by atoms with Crippen molar-refractivity contribution in [2.45, 2.75) is 18.4 Å². The van der Waals surface area contributed by atoms with Gasteiger partial charge in [0.2, 0.25) is 0 Å². The van der Waals surface area contributed by atoms with Crippen molar-refractivity contribution in [3.63, 3.8) is 0 Å². The van der Waals surface area contributed by atoms with Crippen LogP contribution in [0.1, 0.15) is 29.5 Å². The average molecular weight is 346 g/mol. The lowest BCUT2D eigenvalue weighted by Gasteiger charge is -2.38. The van der Waals surface area contributed by atoms with Gasteiger partial charge in [-0.25, -0.2) is 0 Å². The summed E-state index contributed by atoms with van der Waals surface area (Å²) in [6.45, 7) is 0. The molecule has 0 aromatic heterocycles. The fourth-order valence-electron chi connectivity index (χ4n) is 3.79. The Kier molecular flexibility index (Phi) is 3.74. The molecule has 4 rings (SSSR count). The van der Waals surface area contributed by atoms with E-state index in [1.807, 2.05) is 18.2 Å². The Bertz CT molecular complexity index is 787. The molecule has 0 fully saturated rings. The van der Waals surface area contributed by atoms with Gasteiger partial charge in [0, 0.05) is 10.9 Å². The van der Waals surface area contributed by atoms with Crippen LogP contribution < -0.4 is 10.1 Å². The van der Waals surface area contributed by atoms with Crippen molar-refractivity contribution >= 4 is 28.9 Å². The summed E-state index contributed by atoms with van der Waals surface area (Å²) in [6.07, 6.45) is 5.58. The second-order valence-electron chi connectivity index (χ2n) is 6.10. The lowest BCUT2D eigenvalue weighted by atomic mass is 9.77. The highest BCUT2D eigenvalue weighted by atomic mass is 35.5. The maximum absolute atomic E-state index is 6.45. The van der Waals surface area contributed by atoms with E-state index in [4.69, 9.17) is 27.9 Å². The van der Waals surface area contributed by atoms with Crippen molar-refractivity contribution in [1.82, 2.24) is 0 Å². The van der Waals surface area contributed by atoms with Gasteiger partial charge in [-0.2, -0.15) is 0 Å². The molecule has 0 unspecified atom stereocenters. The predicted molar refractivity (Wildman–Crippen MR) is 95.8 cm³/mol. The third-order valence-corrected chi connectivity index (χ3v) is 5.35. The molecule has 3 atom stereocenters. The van der Waals surface area contributed by atoms with Crippen molar-refractivity contribution in [3.8, 4) is 5.75 Å². The molecule has 4 heteroatoms. The number of benzene rings is 2. The number of anilines is 1. The van der Waals surface area contributed by atoms with Crippen LogP contribution in [0.4, 0.5) is 5.69 Å². The lowest BCUT2D eigenvalue weighted by molar-refractivity contribution is 0.406. The minimum absolute atomic E-state index is 0.205. The van der Waals surface area contributed by atoms with Gasteiger partial charge in [-0.05, 0) is 47.7 Å². The molecule has 0 saturated carbocycles. The minimum Gasteiger partial charge on any atom is -0.497 e. The van der Waals surface area contributed by atoms with Gasteiger partial charge in [0.05, 0.1) is 23.9 Å². The summed E-state index contributed by atoms with van der Waals surface area (Å²) in [6, 6.07) is 12.3. The summed E-state index contributed by atoms with van der Waals surface area (Å²) in [7, 11) is 1.70. The molecule has 23 heavy (non-hydrogen) atoms. The van der Waals surface area contributed by atoms with Crippen molar-refractivity contribution in [3.05, 3.63) is 69.7 Å². The smallest absolute Gasteiger partial charge is 0.119 e. The Labute approximate surface area is 146 Å². The molecule has 2 aliphatic rings. The number of nitrogens with one attached hydrogen (secondary N) is 1. The fourth-order valence-corrected chi connectivity index (χ4v) is 4.35. The number of hydrogen-bond acceptors (Lipinski definition) is 2. The van der Waals surface area contributed by atoms with Crippen molar-refractivity contribution in [2.75, 3.05) is 12.4 Å². The highest BCUT2D eigenvalue weighted by Crippen LogP contribution is 2.52. The molecule has 0 spiro atoms. The van der Waals surface area contributed by atoms with Crippen molar-refractivity contribution < 1.29 is 4.74 Å². The normalized spacial score (nSPS) is 24.7. The lowest BCUT2D eigenvalue weighted by Crippen LogP contribution is -2.29. The highest BCUT2D eigenvalue weighted by Gasteiger charge is 2.38. The van der Waals surface area contributed by atoms with E-state index in [2.05, 4.69) is 29.6 Å². The summed E-state index contributed by atoms with van der Waals surface area (Å²) in [5.74, 6) is 1.68. The van der Waals surface area contributed by atoms with Crippen molar-refractivity contribution in [1.29, 1.82) is 0 Å². The molecule has 0 saturated heterocycles. The summed E-state index contributed by atoms with van der Waals surface area (Å²) in [4.78, 5) is 0. The Morgan fingerprint density at radius 2 is 2.04 bits per heavy atom. The molecule has 0 amide bonds. The van der Waals surface area contributed by atoms with Gasteiger partial charge in [-0.3, -0.25) is 0 Å². The van der Waals surface area contributed by atoms with Crippen LogP contribution in [0.25, 0.3) is 0 Å². The van der Waals surface area contributed by atoms with E-state index < -0.39 is 0 Å². The maximum atomic E-state index is 6.45. The van der Waals surface area contributed by atoms with E-state index in [1.165, 1.54) is 11.1 Å². The first-order valence-electron chi connectivity index (χ1n) is 7.73. The standard InChI is InChI=1S/C19H17Cl2NO/c1-23-13-5-2-4-11(8-13)18-15-7-3-6-14(15)16-9-12(20)10-17(21)19(16)22-18/h2-6,8-10,14-15,18,22H,7H2,1H3/t14-,15+,18+/m0/s1. The van der Waals surface area contributed by atoms with E-state index in [0.717, 1.165) is 17.9 Å². The van der Waals surface area contributed by atoms with Crippen LogP contribution in [-0.2, 0) is 0 Å². The van der Waals surface area contributed by atoms with E-state index in [0.29, 0.717) is 21.9 Å². The monoisotopic (exact) mass is 345 g/mol. The molecule has 118 valence electrons. The van der Waals surface area contributed by atoms with Crippen LogP contribution in [0.5, 0.6) is 5.75 Å². The van der Waals surface area contributed by atoms with Gasteiger partial charge in [0.25, 0.3) is 0 Å². The van der Waals surface area contributed by atoms with Gasteiger partial charge in [-0.15, -0.1) is 0 Å². The van der Waals surface area contributed by atoms with Gasteiger partial charge in [-0.1, -0.05) is 47.5 Å². The van der Waals surface area contributed by atoms with Crippen LogP contribution in [0, 0.1) is 5.92 Å². The van der Waals surface area contributed by atoms with Crippen LogP contribution >= 0.6 is 23.2 Å². The fraction of sp³-hybridized carbons (Fsp3) is 0.263.